The first-order valence-electron chi connectivity index (χ1n) is 8.14. The number of anilines is 1. The average Bonchev–Trinajstić information content (AvgIpc) is 2.93. The number of carboxylic acid groups (broad SMARTS) is 1. The molecule has 3 rings (SSSR count). The highest BCUT2D eigenvalue weighted by Gasteiger charge is 2.40. The van der Waals surface area contributed by atoms with Gasteiger partial charge in [-0.25, -0.2) is 4.79 Å². The Morgan fingerprint density at radius 3 is 2.21 bits per heavy atom. The van der Waals surface area contributed by atoms with Gasteiger partial charge in [0.2, 0.25) is 5.91 Å². The average molecular weight is 403 g/mol. The van der Waals surface area contributed by atoms with Crippen molar-refractivity contribution in [3.63, 3.8) is 0 Å². The number of fused-ring (bicyclic) bond motifs is 1. The zero-order chi connectivity index (χ0) is 20.6. The molecular formula is C19H15ClN2O6. The Labute approximate surface area is 164 Å². The fourth-order valence-corrected chi connectivity index (χ4v) is 3.11. The van der Waals surface area contributed by atoms with Crippen molar-refractivity contribution in [2.45, 2.75) is 13.0 Å². The van der Waals surface area contributed by atoms with Crippen LogP contribution in [-0.4, -0.2) is 46.8 Å². The minimum atomic E-state index is -1.24. The fourth-order valence-electron chi connectivity index (χ4n) is 2.90. The Hall–Kier alpha value is -3.39. The van der Waals surface area contributed by atoms with E-state index in [0.717, 1.165) is 11.0 Å². The Morgan fingerprint density at radius 1 is 1.14 bits per heavy atom. The predicted octanol–water partition coefficient (Wildman–Crippen LogP) is 2.67. The predicted molar refractivity (Wildman–Crippen MR) is 100.0 cm³/mol. The van der Waals surface area contributed by atoms with Crippen molar-refractivity contribution >= 4 is 41.0 Å². The second-order valence-corrected chi connectivity index (χ2v) is 6.44. The molecule has 0 saturated carbocycles. The van der Waals surface area contributed by atoms with Gasteiger partial charge in [0.05, 0.1) is 28.9 Å². The van der Waals surface area contributed by atoms with Crippen LogP contribution in [0.4, 0.5) is 5.69 Å². The smallest absolute Gasteiger partial charge is 0.339 e. The van der Waals surface area contributed by atoms with E-state index in [0.29, 0.717) is 0 Å². The maximum Gasteiger partial charge on any atom is 0.339 e. The summed E-state index contributed by atoms with van der Waals surface area (Å²) in [4.78, 5) is 49.7. The first kappa shape index (κ1) is 19.4. The van der Waals surface area contributed by atoms with Crippen molar-refractivity contribution in [1.82, 2.24) is 4.90 Å². The van der Waals surface area contributed by atoms with E-state index in [4.69, 9.17) is 21.4 Å². The number of carbonyl (C=O) groups excluding carboxylic acids is 3. The van der Waals surface area contributed by atoms with Crippen LogP contribution in [-0.2, 0) is 4.79 Å². The monoisotopic (exact) mass is 402 g/mol. The topological polar surface area (TPSA) is 113 Å². The number of aromatic carboxylic acids is 1. The molecule has 2 aromatic rings. The number of hydrogen-bond acceptors (Lipinski definition) is 5. The van der Waals surface area contributed by atoms with Crippen LogP contribution < -0.4 is 10.1 Å². The lowest BCUT2D eigenvalue weighted by Gasteiger charge is -2.22. The van der Waals surface area contributed by atoms with Gasteiger partial charge in [-0.05, 0) is 25.1 Å². The third kappa shape index (κ3) is 3.18. The van der Waals surface area contributed by atoms with Crippen LogP contribution >= 0.6 is 11.6 Å². The highest BCUT2D eigenvalue weighted by molar-refractivity contribution is 6.34. The minimum absolute atomic E-state index is 0.000540. The second kappa shape index (κ2) is 7.32. The molecule has 1 aliphatic rings. The van der Waals surface area contributed by atoms with E-state index in [9.17, 15) is 19.2 Å². The Balaban J connectivity index is 1.85. The van der Waals surface area contributed by atoms with Crippen molar-refractivity contribution in [3.8, 4) is 5.75 Å². The summed E-state index contributed by atoms with van der Waals surface area (Å²) in [6.07, 6.45) is 0. The van der Waals surface area contributed by atoms with Crippen LogP contribution in [0.25, 0.3) is 0 Å². The molecule has 2 N–H and O–H groups in total. The molecule has 9 heteroatoms. The highest BCUT2D eigenvalue weighted by atomic mass is 35.5. The lowest BCUT2D eigenvalue weighted by molar-refractivity contribution is -0.119. The van der Waals surface area contributed by atoms with Gasteiger partial charge in [0.15, 0.2) is 0 Å². The molecule has 3 amide bonds. The number of carboxylic acids is 1. The number of hydrogen-bond donors (Lipinski definition) is 2. The summed E-state index contributed by atoms with van der Waals surface area (Å²) in [7, 11) is 1.28. The van der Waals surface area contributed by atoms with Gasteiger partial charge >= 0.3 is 5.97 Å². The van der Waals surface area contributed by atoms with Crippen LogP contribution in [0.1, 0.15) is 38.0 Å². The summed E-state index contributed by atoms with van der Waals surface area (Å²) >= 11 is 6.06. The van der Waals surface area contributed by atoms with E-state index in [2.05, 4.69) is 5.32 Å². The number of carbonyl (C=O) groups is 4. The Morgan fingerprint density at radius 2 is 1.71 bits per heavy atom. The molecule has 2 aromatic carbocycles. The second-order valence-electron chi connectivity index (χ2n) is 6.03. The summed E-state index contributed by atoms with van der Waals surface area (Å²) < 4.78 is 5.01. The van der Waals surface area contributed by atoms with Crippen molar-refractivity contribution in [3.05, 3.63) is 58.1 Å². The fraction of sp³-hybridized carbons (Fsp3) is 0.158. The van der Waals surface area contributed by atoms with Crippen LogP contribution in [0, 0.1) is 0 Å². The standard InChI is InChI=1S/C19H15ClN2O6/c1-9(22-17(24)10-5-3-4-6-11(10)18(22)25)16(23)21-14-8-15(28-2)12(19(26)27)7-13(14)20/h3-9H,1-2H3,(H,21,23)(H,26,27). The summed E-state index contributed by atoms with van der Waals surface area (Å²) in [5, 5.41) is 11.6. The number of imide groups is 1. The van der Waals surface area contributed by atoms with E-state index in [-0.39, 0.29) is 33.1 Å². The SMILES string of the molecule is COc1cc(NC(=O)C(C)N2C(=O)c3ccccc3C2=O)c(Cl)cc1C(=O)O. The lowest BCUT2D eigenvalue weighted by atomic mass is 10.1. The molecule has 28 heavy (non-hydrogen) atoms. The largest absolute Gasteiger partial charge is 0.496 e. The molecule has 0 aliphatic carbocycles. The molecule has 0 aromatic heterocycles. The van der Waals surface area contributed by atoms with Crippen LogP contribution in [0.5, 0.6) is 5.75 Å². The number of halogens is 1. The number of nitrogens with zero attached hydrogens (tertiary/aromatic N) is 1. The van der Waals surface area contributed by atoms with Crippen molar-refractivity contribution in [2.24, 2.45) is 0 Å². The third-order valence-electron chi connectivity index (χ3n) is 4.37. The van der Waals surface area contributed by atoms with Gasteiger partial charge in [-0.1, -0.05) is 23.7 Å². The molecule has 8 nitrogen and oxygen atoms in total. The summed E-state index contributed by atoms with van der Waals surface area (Å²) in [6, 6.07) is 7.60. The first-order chi connectivity index (χ1) is 13.3. The quantitative estimate of drug-likeness (QED) is 0.743. The first-order valence-corrected chi connectivity index (χ1v) is 8.52. The van der Waals surface area contributed by atoms with Crippen LogP contribution in [0.3, 0.4) is 0 Å². The zero-order valence-electron chi connectivity index (χ0n) is 14.9. The van der Waals surface area contributed by atoms with Crippen molar-refractivity contribution < 1.29 is 29.0 Å². The summed E-state index contributed by atoms with van der Waals surface area (Å²) in [6.45, 7) is 1.41. The lowest BCUT2D eigenvalue weighted by Crippen LogP contribution is -2.45. The van der Waals surface area contributed by atoms with Gasteiger partial charge in [0.25, 0.3) is 11.8 Å². The molecule has 1 atom stereocenters. The molecule has 0 saturated heterocycles. The van der Waals surface area contributed by atoms with Crippen LogP contribution in [0.15, 0.2) is 36.4 Å². The summed E-state index contributed by atoms with van der Waals surface area (Å²) in [5.41, 5.74) is 0.395. The molecule has 0 fully saturated rings. The minimum Gasteiger partial charge on any atom is -0.496 e. The van der Waals surface area contributed by atoms with Gasteiger partial charge in [-0.3, -0.25) is 19.3 Å². The third-order valence-corrected chi connectivity index (χ3v) is 4.68. The number of amides is 3. The van der Waals surface area contributed by atoms with E-state index < -0.39 is 29.7 Å². The number of benzene rings is 2. The molecule has 1 aliphatic heterocycles. The summed E-state index contributed by atoms with van der Waals surface area (Å²) in [5.74, 6) is -3.03. The molecule has 1 heterocycles. The maximum atomic E-state index is 12.6. The van der Waals surface area contributed by atoms with E-state index in [1.807, 2.05) is 0 Å². The normalized spacial score (nSPS) is 13.9. The van der Waals surface area contributed by atoms with Gasteiger partial charge in [-0.2, -0.15) is 0 Å². The van der Waals surface area contributed by atoms with Gasteiger partial charge in [0, 0.05) is 6.07 Å². The van der Waals surface area contributed by atoms with Gasteiger partial charge < -0.3 is 15.2 Å². The van der Waals surface area contributed by atoms with E-state index in [1.54, 1.807) is 12.1 Å². The number of rotatable bonds is 5. The van der Waals surface area contributed by atoms with Crippen molar-refractivity contribution in [2.75, 3.05) is 12.4 Å². The van der Waals surface area contributed by atoms with E-state index in [1.165, 1.54) is 32.2 Å². The number of nitrogens with one attached hydrogen (secondary N) is 1. The molecular weight excluding hydrogens is 388 g/mol. The highest BCUT2D eigenvalue weighted by Crippen LogP contribution is 2.32. The maximum absolute atomic E-state index is 12.6. The molecule has 1 unspecified atom stereocenters. The van der Waals surface area contributed by atoms with Gasteiger partial charge in [-0.15, -0.1) is 0 Å². The van der Waals surface area contributed by atoms with Gasteiger partial charge in [0.1, 0.15) is 17.4 Å². The van der Waals surface area contributed by atoms with Crippen molar-refractivity contribution in [1.29, 1.82) is 0 Å². The molecule has 0 spiro atoms. The zero-order valence-corrected chi connectivity index (χ0v) is 15.6. The molecule has 144 valence electrons. The Kier molecular flexibility index (Phi) is 5.06. The number of ether oxygens (including phenoxy) is 1. The Bertz CT molecular complexity index is 984. The molecule has 0 bridgehead atoms. The molecule has 0 radical (unpaired) electrons. The van der Waals surface area contributed by atoms with E-state index >= 15 is 0 Å². The number of methoxy groups -OCH3 is 1. The van der Waals surface area contributed by atoms with Crippen LogP contribution in [0.2, 0.25) is 5.02 Å².